The predicted molar refractivity (Wildman–Crippen MR) is 66.1 cm³/mol. The van der Waals surface area contributed by atoms with E-state index in [1.54, 1.807) is 10.9 Å². The monoisotopic (exact) mass is 258 g/mol. The van der Waals surface area contributed by atoms with Crippen molar-refractivity contribution in [1.82, 2.24) is 10.3 Å². The van der Waals surface area contributed by atoms with Crippen LogP contribution in [0.25, 0.3) is 0 Å². The average Bonchev–Trinajstić information content (AvgIpc) is 2.78. The largest absolute Gasteiger partial charge is 0.389 e. The van der Waals surface area contributed by atoms with Crippen LogP contribution in [-0.4, -0.2) is 41.9 Å². The maximum absolute atomic E-state index is 11.5. The Balaban J connectivity index is 2.15. The lowest BCUT2D eigenvalue weighted by molar-refractivity contribution is 0.0259. The molecule has 1 rings (SSSR count). The molecule has 0 aromatic carbocycles. The molecule has 0 saturated carbocycles. The van der Waals surface area contributed by atoms with Gasteiger partial charge in [0.05, 0.1) is 18.2 Å². The minimum absolute atomic E-state index is 0.175. The molecule has 1 heterocycles. The van der Waals surface area contributed by atoms with Crippen molar-refractivity contribution < 1.29 is 14.6 Å². The lowest BCUT2D eigenvalue weighted by Crippen LogP contribution is -2.34. The number of carbonyl (C=O) groups excluding carboxylic acids is 1. The van der Waals surface area contributed by atoms with Crippen LogP contribution in [0, 0.1) is 5.92 Å². The average molecular weight is 258 g/mol. The molecule has 96 valence electrons. The molecule has 0 aliphatic carbocycles. The summed E-state index contributed by atoms with van der Waals surface area (Å²) in [6.45, 7) is 5.09. The third-order valence-electron chi connectivity index (χ3n) is 1.92. The van der Waals surface area contributed by atoms with E-state index in [1.807, 2.05) is 13.8 Å². The summed E-state index contributed by atoms with van der Waals surface area (Å²) >= 11 is 1.36. The number of rotatable bonds is 7. The fraction of sp³-hybridized carbons (Fsp3) is 0.636. The van der Waals surface area contributed by atoms with Crippen LogP contribution in [0.15, 0.2) is 10.9 Å². The fourth-order valence-corrected chi connectivity index (χ4v) is 1.66. The second kappa shape index (κ2) is 7.37. The van der Waals surface area contributed by atoms with E-state index in [9.17, 15) is 9.90 Å². The number of aliphatic hydroxyl groups is 1. The Kier molecular flexibility index (Phi) is 6.10. The normalized spacial score (nSPS) is 12.7. The number of carbonyl (C=O) groups is 1. The number of nitrogens with one attached hydrogen (secondary N) is 1. The summed E-state index contributed by atoms with van der Waals surface area (Å²) in [6, 6.07) is 0. The Morgan fingerprint density at radius 1 is 1.59 bits per heavy atom. The summed E-state index contributed by atoms with van der Waals surface area (Å²) in [5.74, 6) is 0.168. The van der Waals surface area contributed by atoms with E-state index in [1.165, 1.54) is 11.3 Å². The van der Waals surface area contributed by atoms with Gasteiger partial charge in [-0.15, -0.1) is 11.3 Å². The molecule has 0 saturated heterocycles. The molecule has 1 amide bonds. The molecule has 0 spiro atoms. The first-order valence-electron chi connectivity index (χ1n) is 5.51. The Morgan fingerprint density at radius 2 is 2.35 bits per heavy atom. The molecule has 1 aromatic rings. The van der Waals surface area contributed by atoms with Gasteiger partial charge in [-0.05, 0) is 5.92 Å². The zero-order chi connectivity index (χ0) is 12.7. The van der Waals surface area contributed by atoms with Crippen LogP contribution in [0.3, 0.4) is 0 Å². The molecule has 5 nitrogen and oxygen atoms in total. The zero-order valence-electron chi connectivity index (χ0n) is 10.0. The van der Waals surface area contributed by atoms with Gasteiger partial charge in [-0.2, -0.15) is 0 Å². The Hall–Kier alpha value is -0.980. The van der Waals surface area contributed by atoms with Crippen LogP contribution in [0.5, 0.6) is 0 Å². The summed E-state index contributed by atoms with van der Waals surface area (Å²) in [5, 5.41) is 13.8. The van der Waals surface area contributed by atoms with Gasteiger partial charge in [0.15, 0.2) is 0 Å². The second-order valence-electron chi connectivity index (χ2n) is 4.17. The smallest absolute Gasteiger partial charge is 0.270 e. The molecule has 6 heteroatoms. The number of thiazole rings is 1. The van der Waals surface area contributed by atoms with Crippen LogP contribution >= 0.6 is 11.3 Å². The van der Waals surface area contributed by atoms with Gasteiger partial charge in [0.25, 0.3) is 5.91 Å². The van der Waals surface area contributed by atoms with E-state index in [4.69, 9.17) is 4.74 Å². The molecule has 0 fully saturated rings. The van der Waals surface area contributed by atoms with Crippen LogP contribution in [0.2, 0.25) is 0 Å². The van der Waals surface area contributed by atoms with Gasteiger partial charge in [-0.1, -0.05) is 13.8 Å². The van der Waals surface area contributed by atoms with Crippen molar-refractivity contribution in [2.75, 3.05) is 19.8 Å². The third-order valence-corrected chi connectivity index (χ3v) is 2.51. The van der Waals surface area contributed by atoms with E-state index in [-0.39, 0.29) is 19.1 Å². The van der Waals surface area contributed by atoms with Crippen molar-refractivity contribution in [2.24, 2.45) is 5.92 Å². The lowest BCUT2D eigenvalue weighted by atomic mass is 10.2. The van der Waals surface area contributed by atoms with Crippen LogP contribution in [0.4, 0.5) is 0 Å². The number of aromatic nitrogens is 1. The summed E-state index contributed by atoms with van der Waals surface area (Å²) in [6.07, 6.45) is -0.684. The maximum atomic E-state index is 11.5. The van der Waals surface area contributed by atoms with E-state index < -0.39 is 6.10 Å². The van der Waals surface area contributed by atoms with Crippen LogP contribution in [0.1, 0.15) is 24.3 Å². The van der Waals surface area contributed by atoms with E-state index >= 15 is 0 Å². The van der Waals surface area contributed by atoms with Crippen molar-refractivity contribution >= 4 is 17.2 Å². The van der Waals surface area contributed by atoms with Gasteiger partial charge in [0.1, 0.15) is 5.69 Å². The number of hydrogen-bond acceptors (Lipinski definition) is 5. The van der Waals surface area contributed by atoms with E-state index in [2.05, 4.69) is 10.3 Å². The van der Waals surface area contributed by atoms with Crippen LogP contribution in [-0.2, 0) is 4.74 Å². The second-order valence-corrected chi connectivity index (χ2v) is 4.89. The summed E-state index contributed by atoms with van der Waals surface area (Å²) in [5.41, 5.74) is 1.97. The third kappa shape index (κ3) is 5.76. The Bertz CT molecular complexity index is 327. The minimum Gasteiger partial charge on any atom is -0.389 e. The Morgan fingerprint density at radius 3 is 2.94 bits per heavy atom. The van der Waals surface area contributed by atoms with Gasteiger partial charge in [0.2, 0.25) is 0 Å². The molecule has 17 heavy (non-hydrogen) atoms. The van der Waals surface area contributed by atoms with E-state index in [0.29, 0.717) is 18.2 Å². The van der Waals surface area contributed by atoms with Gasteiger partial charge in [-0.25, -0.2) is 4.98 Å². The van der Waals surface area contributed by atoms with Crippen molar-refractivity contribution in [1.29, 1.82) is 0 Å². The van der Waals surface area contributed by atoms with Crippen molar-refractivity contribution in [3.8, 4) is 0 Å². The highest BCUT2D eigenvalue weighted by Gasteiger charge is 2.10. The SMILES string of the molecule is CC(C)COCC(O)CNC(=O)c1cscn1. The molecule has 1 atom stereocenters. The number of nitrogens with zero attached hydrogens (tertiary/aromatic N) is 1. The highest BCUT2D eigenvalue weighted by Crippen LogP contribution is 2.00. The standard InChI is InChI=1S/C11H18N2O3S/c1-8(2)4-16-5-9(14)3-12-11(15)10-6-17-7-13-10/h6-9,14H,3-5H2,1-2H3,(H,12,15). The lowest BCUT2D eigenvalue weighted by Gasteiger charge is -2.12. The van der Waals surface area contributed by atoms with Crippen molar-refractivity contribution in [2.45, 2.75) is 20.0 Å². The number of amides is 1. The van der Waals surface area contributed by atoms with Gasteiger partial charge >= 0.3 is 0 Å². The van der Waals surface area contributed by atoms with Gasteiger partial charge in [0, 0.05) is 18.5 Å². The summed E-state index contributed by atoms with van der Waals surface area (Å²) in [7, 11) is 0. The number of aliphatic hydroxyl groups excluding tert-OH is 1. The van der Waals surface area contributed by atoms with Gasteiger partial charge < -0.3 is 15.2 Å². The molecule has 0 bridgehead atoms. The first-order valence-corrected chi connectivity index (χ1v) is 6.46. The maximum Gasteiger partial charge on any atom is 0.270 e. The molecular formula is C11H18N2O3S. The molecule has 0 radical (unpaired) electrons. The van der Waals surface area contributed by atoms with Gasteiger partial charge in [-0.3, -0.25) is 4.79 Å². The number of ether oxygens (including phenoxy) is 1. The Labute approximate surface area is 105 Å². The number of hydrogen-bond donors (Lipinski definition) is 2. The molecule has 1 aromatic heterocycles. The predicted octanol–water partition coefficient (Wildman–Crippen LogP) is 0.906. The quantitative estimate of drug-likeness (QED) is 0.762. The molecule has 0 aliphatic rings. The fourth-order valence-electron chi connectivity index (χ4n) is 1.12. The van der Waals surface area contributed by atoms with Crippen molar-refractivity contribution in [3.63, 3.8) is 0 Å². The summed E-state index contributed by atoms with van der Waals surface area (Å²) < 4.78 is 5.26. The minimum atomic E-state index is -0.684. The van der Waals surface area contributed by atoms with Crippen molar-refractivity contribution in [3.05, 3.63) is 16.6 Å². The first-order chi connectivity index (χ1) is 8.09. The highest BCUT2D eigenvalue weighted by atomic mass is 32.1. The molecule has 2 N–H and O–H groups in total. The highest BCUT2D eigenvalue weighted by molar-refractivity contribution is 7.07. The topological polar surface area (TPSA) is 71.5 Å². The zero-order valence-corrected chi connectivity index (χ0v) is 10.9. The summed E-state index contributed by atoms with van der Waals surface area (Å²) in [4.78, 5) is 15.3. The molecular weight excluding hydrogens is 240 g/mol. The molecule has 0 aliphatic heterocycles. The first kappa shape index (κ1) is 14.1. The van der Waals surface area contributed by atoms with E-state index in [0.717, 1.165) is 0 Å². The molecule has 1 unspecified atom stereocenters. The van der Waals surface area contributed by atoms with Crippen LogP contribution < -0.4 is 5.32 Å².